The lowest BCUT2D eigenvalue weighted by Crippen LogP contribution is -2.41. The molecule has 2 amide bonds. The van der Waals surface area contributed by atoms with E-state index in [4.69, 9.17) is 4.42 Å². The van der Waals surface area contributed by atoms with E-state index in [1.807, 2.05) is 38.2 Å². The molecule has 0 spiro atoms. The molecule has 0 radical (unpaired) electrons. The molecular weight excluding hydrogens is 414 g/mol. The van der Waals surface area contributed by atoms with Gasteiger partial charge in [0.15, 0.2) is 5.76 Å². The molecule has 4 heterocycles. The van der Waals surface area contributed by atoms with E-state index >= 15 is 0 Å². The SMILES string of the molecule is Cc1nn(C)c2sc(C(=O)NNC(=O)c3cc(-c4ccco4)nc4ccccc34)cc12. The molecule has 0 unspecified atom stereocenters. The topological polar surface area (TPSA) is 102 Å². The Bertz CT molecular complexity index is 1410. The monoisotopic (exact) mass is 431 g/mol. The molecule has 0 aliphatic carbocycles. The van der Waals surface area contributed by atoms with Crippen molar-refractivity contribution in [3.8, 4) is 11.5 Å². The zero-order chi connectivity index (χ0) is 21.5. The van der Waals surface area contributed by atoms with Crippen molar-refractivity contribution < 1.29 is 14.0 Å². The molecule has 0 saturated carbocycles. The number of hydrogen-bond acceptors (Lipinski definition) is 6. The zero-order valence-electron chi connectivity index (χ0n) is 16.7. The van der Waals surface area contributed by atoms with Gasteiger partial charge >= 0.3 is 0 Å². The lowest BCUT2D eigenvalue weighted by Gasteiger charge is -2.10. The van der Waals surface area contributed by atoms with Crippen molar-refractivity contribution >= 4 is 44.3 Å². The minimum absolute atomic E-state index is 0.383. The van der Waals surface area contributed by atoms with Crippen LogP contribution in [-0.4, -0.2) is 26.6 Å². The number of amides is 2. The lowest BCUT2D eigenvalue weighted by molar-refractivity contribution is 0.0850. The summed E-state index contributed by atoms with van der Waals surface area (Å²) in [6.45, 7) is 1.89. The third-order valence-electron chi connectivity index (χ3n) is 4.94. The number of carbonyl (C=O) groups is 2. The minimum atomic E-state index is -0.446. The number of benzene rings is 1. The highest BCUT2D eigenvalue weighted by Crippen LogP contribution is 2.28. The number of furan rings is 1. The molecule has 2 N–H and O–H groups in total. The fourth-order valence-corrected chi connectivity index (χ4v) is 4.49. The number of hydrazine groups is 1. The first-order valence-corrected chi connectivity index (χ1v) is 10.3. The standard InChI is InChI=1S/C22H17N5O3S/c1-12-14-11-19(31-22(14)27(2)26-12)21(29)25-24-20(28)15-10-17(18-8-5-9-30-18)23-16-7-4-3-6-13(15)16/h3-11H,1-2H3,(H,24,28)(H,25,29). The van der Waals surface area contributed by atoms with E-state index < -0.39 is 11.8 Å². The van der Waals surface area contributed by atoms with Crippen molar-refractivity contribution in [2.75, 3.05) is 0 Å². The van der Waals surface area contributed by atoms with Gasteiger partial charge in [-0.25, -0.2) is 4.98 Å². The van der Waals surface area contributed by atoms with Gasteiger partial charge < -0.3 is 4.42 Å². The Balaban J connectivity index is 1.42. The van der Waals surface area contributed by atoms with E-state index in [-0.39, 0.29) is 0 Å². The van der Waals surface area contributed by atoms with Gasteiger partial charge in [0.1, 0.15) is 10.5 Å². The van der Waals surface area contributed by atoms with Crippen LogP contribution in [0.5, 0.6) is 0 Å². The second-order valence-electron chi connectivity index (χ2n) is 7.00. The Morgan fingerprint density at radius 1 is 1.03 bits per heavy atom. The highest BCUT2D eigenvalue weighted by Gasteiger charge is 2.18. The van der Waals surface area contributed by atoms with E-state index in [2.05, 4.69) is 20.9 Å². The number of fused-ring (bicyclic) bond motifs is 2. The van der Waals surface area contributed by atoms with Gasteiger partial charge in [-0.2, -0.15) is 5.10 Å². The highest BCUT2D eigenvalue weighted by atomic mass is 32.1. The fourth-order valence-electron chi connectivity index (χ4n) is 3.47. The summed E-state index contributed by atoms with van der Waals surface area (Å²) in [4.78, 5) is 31.5. The van der Waals surface area contributed by atoms with Gasteiger partial charge in [-0.3, -0.25) is 25.1 Å². The number of nitrogens with one attached hydrogen (secondary N) is 2. The van der Waals surface area contributed by atoms with Crippen molar-refractivity contribution in [1.82, 2.24) is 25.6 Å². The molecule has 31 heavy (non-hydrogen) atoms. The molecule has 0 bridgehead atoms. The Morgan fingerprint density at radius 2 is 1.84 bits per heavy atom. The van der Waals surface area contributed by atoms with Crippen LogP contribution in [0, 0.1) is 6.92 Å². The van der Waals surface area contributed by atoms with Gasteiger partial charge in [-0.15, -0.1) is 11.3 Å². The van der Waals surface area contributed by atoms with Crippen molar-refractivity contribution in [3.05, 3.63) is 70.9 Å². The summed E-state index contributed by atoms with van der Waals surface area (Å²) in [5, 5.41) is 5.93. The van der Waals surface area contributed by atoms with E-state index in [1.54, 1.807) is 35.2 Å². The molecule has 5 aromatic rings. The van der Waals surface area contributed by atoms with Crippen LogP contribution < -0.4 is 10.9 Å². The largest absolute Gasteiger partial charge is 0.463 e. The second-order valence-corrected chi connectivity index (χ2v) is 8.03. The Morgan fingerprint density at radius 3 is 2.61 bits per heavy atom. The lowest BCUT2D eigenvalue weighted by atomic mass is 10.1. The number of carbonyl (C=O) groups excluding carboxylic acids is 2. The minimum Gasteiger partial charge on any atom is -0.463 e. The number of para-hydroxylation sites is 1. The third-order valence-corrected chi connectivity index (χ3v) is 6.14. The van der Waals surface area contributed by atoms with E-state index in [1.165, 1.54) is 11.3 Å². The summed E-state index contributed by atoms with van der Waals surface area (Å²) in [7, 11) is 1.83. The number of rotatable bonds is 3. The Labute approximate surface area is 180 Å². The van der Waals surface area contributed by atoms with Gasteiger partial charge in [0, 0.05) is 17.8 Å². The van der Waals surface area contributed by atoms with Crippen LogP contribution in [0.4, 0.5) is 0 Å². The predicted molar refractivity (Wildman–Crippen MR) is 118 cm³/mol. The van der Waals surface area contributed by atoms with Crippen molar-refractivity contribution in [3.63, 3.8) is 0 Å². The summed E-state index contributed by atoms with van der Waals surface area (Å²) in [5.41, 5.74) is 7.44. The smallest absolute Gasteiger partial charge is 0.279 e. The average Bonchev–Trinajstić information content (AvgIpc) is 3.51. The van der Waals surface area contributed by atoms with Gasteiger partial charge in [-0.1, -0.05) is 18.2 Å². The van der Waals surface area contributed by atoms with Crippen LogP contribution in [0.1, 0.15) is 25.7 Å². The molecule has 0 aliphatic rings. The maximum absolute atomic E-state index is 13.0. The quantitative estimate of drug-likeness (QED) is 0.423. The normalized spacial score (nSPS) is 11.2. The molecule has 4 aromatic heterocycles. The summed E-state index contributed by atoms with van der Waals surface area (Å²) >= 11 is 1.32. The van der Waals surface area contributed by atoms with Crippen LogP contribution in [0.25, 0.3) is 32.6 Å². The molecule has 0 aliphatic heterocycles. The molecular formula is C22H17N5O3S. The van der Waals surface area contributed by atoms with Gasteiger partial charge in [-0.05, 0) is 37.3 Å². The van der Waals surface area contributed by atoms with Gasteiger partial charge in [0.25, 0.3) is 11.8 Å². The molecule has 9 heteroatoms. The van der Waals surface area contributed by atoms with Crippen LogP contribution in [0.15, 0.2) is 59.2 Å². The molecule has 8 nitrogen and oxygen atoms in total. The van der Waals surface area contributed by atoms with Gasteiger partial charge in [0.05, 0.1) is 27.9 Å². The Hall–Kier alpha value is -3.98. The first-order chi connectivity index (χ1) is 15.0. The highest BCUT2D eigenvalue weighted by molar-refractivity contribution is 7.20. The van der Waals surface area contributed by atoms with Crippen LogP contribution in [0.3, 0.4) is 0 Å². The first-order valence-electron chi connectivity index (χ1n) is 9.49. The number of thiophene rings is 1. The summed E-state index contributed by atoms with van der Waals surface area (Å²) < 4.78 is 7.17. The van der Waals surface area contributed by atoms with Crippen LogP contribution >= 0.6 is 11.3 Å². The zero-order valence-corrected chi connectivity index (χ0v) is 17.5. The van der Waals surface area contributed by atoms with Gasteiger partial charge in [0.2, 0.25) is 0 Å². The molecule has 154 valence electrons. The van der Waals surface area contributed by atoms with E-state index in [0.29, 0.717) is 32.8 Å². The van der Waals surface area contributed by atoms with Crippen LogP contribution in [-0.2, 0) is 7.05 Å². The predicted octanol–water partition coefficient (Wildman–Crippen LogP) is 3.83. The summed E-state index contributed by atoms with van der Waals surface area (Å²) in [6, 6.07) is 14.3. The fraction of sp³-hybridized carbons (Fsp3) is 0.0909. The van der Waals surface area contributed by atoms with Crippen LogP contribution in [0.2, 0.25) is 0 Å². The number of hydrogen-bond donors (Lipinski definition) is 2. The number of aryl methyl sites for hydroxylation is 2. The molecule has 0 atom stereocenters. The summed E-state index contributed by atoms with van der Waals surface area (Å²) in [6.07, 6.45) is 1.55. The summed E-state index contributed by atoms with van der Waals surface area (Å²) in [5.74, 6) is -0.282. The van der Waals surface area contributed by atoms with Crippen molar-refractivity contribution in [1.29, 1.82) is 0 Å². The van der Waals surface area contributed by atoms with Crippen molar-refractivity contribution in [2.45, 2.75) is 6.92 Å². The maximum Gasteiger partial charge on any atom is 0.279 e. The number of aromatic nitrogens is 3. The van der Waals surface area contributed by atoms with Crippen molar-refractivity contribution in [2.24, 2.45) is 7.05 Å². The number of nitrogens with zero attached hydrogens (tertiary/aromatic N) is 3. The van der Waals surface area contributed by atoms with E-state index in [0.717, 1.165) is 15.9 Å². The molecule has 1 aromatic carbocycles. The van der Waals surface area contributed by atoms with E-state index in [9.17, 15) is 9.59 Å². The first kappa shape index (κ1) is 19.0. The maximum atomic E-state index is 13.0. The number of pyridine rings is 1. The second kappa shape index (κ2) is 7.37. The Kier molecular flexibility index (Phi) is 4.52. The third kappa shape index (κ3) is 3.34. The molecule has 5 rings (SSSR count). The molecule has 0 fully saturated rings. The average molecular weight is 431 g/mol. The molecule has 0 saturated heterocycles.